The third kappa shape index (κ3) is 5.48. The average molecular weight is 371 g/mol. The lowest BCUT2D eigenvalue weighted by Gasteiger charge is -2.20. The Labute approximate surface area is 148 Å². The van der Waals surface area contributed by atoms with E-state index in [1.807, 2.05) is 6.92 Å². The normalized spacial score (nSPS) is 11.5. The number of hydrogen-bond donors (Lipinski definition) is 0. The lowest BCUT2D eigenvalue weighted by molar-refractivity contribution is 0.148. The summed E-state index contributed by atoms with van der Waals surface area (Å²) in [5.74, 6) is 0. The Hall–Kier alpha value is -2.04. The molecule has 0 bridgehead atoms. The van der Waals surface area contributed by atoms with Crippen LogP contribution in [0.3, 0.4) is 0 Å². The summed E-state index contributed by atoms with van der Waals surface area (Å²) in [6.45, 7) is 10.4. The molecule has 0 spiro atoms. The molecule has 0 atom stereocenters. The van der Waals surface area contributed by atoms with Crippen molar-refractivity contribution in [2.75, 3.05) is 39.9 Å². The summed E-state index contributed by atoms with van der Waals surface area (Å²) in [6.07, 6.45) is 4.76. The van der Waals surface area contributed by atoms with Crippen molar-refractivity contribution in [2.45, 2.75) is 18.5 Å². The van der Waals surface area contributed by atoms with Crippen LogP contribution in [0.25, 0.3) is 0 Å². The summed E-state index contributed by atoms with van der Waals surface area (Å²) in [5.41, 5.74) is 0. The van der Waals surface area contributed by atoms with Gasteiger partial charge < -0.3 is 9.64 Å². The topological polar surface area (TPSA) is 97.6 Å². The molecule has 0 radical (unpaired) electrons. The molecule has 0 unspecified atom stereocenters. The average Bonchev–Trinajstić information content (AvgIpc) is 3.08. The molecule has 1 aromatic rings. The zero-order valence-electron chi connectivity index (χ0n) is 14.7. The number of ether oxygens (including phenoxy) is 1. The number of methoxy groups -OCH3 is 1. The largest absolute Gasteiger partial charge is 0.383 e. The van der Waals surface area contributed by atoms with Crippen molar-refractivity contribution in [1.29, 1.82) is 0 Å². The first-order valence-corrected chi connectivity index (χ1v) is 9.28. The smallest absolute Gasteiger partial charge is 0.346 e. The first kappa shape index (κ1) is 21.0. The molecule has 1 heterocycles. The molecule has 0 aliphatic heterocycles. The number of aromatic nitrogens is 3. The molecule has 9 nitrogen and oxygen atoms in total. The van der Waals surface area contributed by atoms with E-state index >= 15 is 0 Å². The Balaban J connectivity index is 3.04. The molecular formula is C15H25N5O4S. The molecule has 0 aromatic carbocycles. The van der Waals surface area contributed by atoms with Crippen molar-refractivity contribution in [2.24, 2.45) is 0 Å². The van der Waals surface area contributed by atoms with Gasteiger partial charge in [-0.25, -0.2) is 18.2 Å². The van der Waals surface area contributed by atoms with Crippen molar-refractivity contribution in [1.82, 2.24) is 24.0 Å². The first-order valence-electron chi connectivity index (χ1n) is 7.84. The Morgan fingerprint density at radius 2 is 1.96 bits per heavy atom. The van der Waals surface area contributed by atoms with Gasteiger partial charge >= 0.3 is 6.03 Å². The van der Waals surface area contributed by atoms with Crippen LogP contribution in [0.2, 0.25) is 0 Å². The van der Waals surface area contributed by atoms with Gasteiger partial charge in [0.15, 0.2) is 0 Å². The van der Waals surface area contributed by atoms with Gasteiger partial charge in [0.1, 0.15) is 6.33 Å². The fraction of sp³-hybridized carbons (Fsp3) is 0.533. The molecule has 0 saturated heterocycles. The lowest BCUT2D eigenvalue weighted by atomic mass is 10.4. The highest BCUT2D eigenvalue weighted by Crippen LogP contribution is 2.11. The molecule has 0 aliphatic rings. The lowest BCUT2D eigenvalue weighted by Crippen LogP contribution is -2.38. The van der Waals surface area contributed by atoms with Crippen LogP contribution in [0, 0.1) is 0 Å². The molecule has 25 heavy (non-hydrogen) atoms. The van der Waals surface area contributed by atoms with Crippen LogP contribution in [-0.2, 0) is 14.8 Å². The minimum absolute atomic E-state index is 0.0899. The van der Waals surface area contributed by atoms with Crippen molar-refractivity contribution in [3.8, 4) is 0 Å². The number of sulfonamides is 1. The van der Waals surface area contributed by atoms with E-state index in [2.05, 4.69) is 23.2 Å². The maximum Gasteiger partial charge on any atom is 0.346 e. The van der Waals surface area contributed by atoms with E-state index in [9.17, 15) is 13.2 Å². The van der Waals surface area contributed by atoms with E-state index < -0.39 is 21.2 Å². The number of amides is 1. The predicted octanol–water partition coefficient (Wildman–Crippen LogP) is 0.967. The highest BCUT2D eigenvalue weighted by Gasteiger charge is 2.28. The molecule has 0 aliphatic carbocycles. The molecular weight excluding hydrogens is 346 g/mol. The van der Waals surface area contributed by atoms with Crippen LogP contribution in [0.15, 0.2) is 36.8 Å². The molecule has 0 N–H and O–H groups in total. The molecule has 1 rings (SSSR count). The molecule has 1 aromatic heterocycles. The Morgan fingerprint density at radius 3 is 2.48 bits per heavy atom. The van der Waals surface area contributed by atoms with Gasteiger partial charge in [0.2, 0.25) is 0 Å². The van der Waals surface area contributed by atoms with E-state index in [-0.39, 0.29) is 13.1 Å². The van der Waals surface area contributed by atoms with E-state index in [4.69, 9.17) is 4.74 Å². The second kappa shape index (κ2) is 10.1. The molecule has 1 amide bonds. The number of carbonyl (C=O) groups excluding carboxylic acids is 1. The molecule has 0 fully saturated rings. The van der Waals surface area contributed by atoms with Crippen molar-refractivity contribution < 1.29 is 17.9 Å². The minimum atomic E-state index is -3.94. The highest BCUT2D eigenvalue weighted by molar-refractivity contribution is 7.89. The van der Waals surface area contributed by atoms with Crippen LogP contribution in [0.5, 0.6) is 0 Å². The number of hydrogen-bond acceptors (Lipinski definition) is 6. The number of rotatable bonds is 11. The fourth-order valence-electron chi connectivity index (χ4n) is 2.05. The summed E-state index contributed by atoms with van der Waals surface area (Å²) in [5, 5.41) is 3.42. The van der Waals surface area contributed by atoms with E-state index in [0.717, 1.165) is 21.7 Å². The number of carbonyl (C=O) groups is 1. The second-order valence-electron chi connectivity index (χ2n) is 5.13. The molecule has 140 valence electrons. The van der Waals surface area contributed by atoms with Crippen molar-refractivity contribution in [3.63, 3.8) is 0 Å². The summed E-state index contributed by atoms with van der Waals surface area (Å²) < 4.78 is 32.2. The van der Waals surface area contributed by atoms with Gasteiger partial charge in [-0.15, -0.1) is 18.3 Å². The molecule has 10 heteroatoms. The fourth-order valence-corrected chi connectivity index (χ4v) is 3.26. The standard InChI is InChI=1S/C15H25N5O4S/c1-5-8-18(11-12-24-4)15(21)20-13-16-14(17-20)25(22,23)19(9-6-2)10-7-3/h6-7,13H,2-3,5,8-12H2,1,4H3. The van der Waals surface area contributed by atoms with Crippen LogP contribution in [-0.4, -0.2) is 78.3 Å². The van der Waals surface area contributed by atoms with Gasteiger partial charge in [0, 0.05) is 33.3 Å². The van der Waals surface area contributed by atoms with Gasteiger partial charge in [-0.3, -0.25) is 0 Å². The van der Waals surface area contributed by atoms with Crippen molar-refractivity contribution in [3.05, 3.63) is 31.6 Å². The third-order valence-corrected chi connectivity index (χ3v) is 4.86. The maximum absolute atomic E-state index is 12.6. The minimum Gasteiger partial charge on any atom is -0.383 e. The quantitative estimate of drug-likeness (QED) is 0.538. The van der Waals surface area contributed by atoms with Gasteiger partial charge in [-0.05, 0) is 6.42 Å². The summed E-state index contributed by atoms with van der Waals surface area (Å²) in [7, 11) is -2.40. The Morgan fingerprint density at radius 1 is 1.32 bits per heavy atom. The van der Waals surface area contributed by atoms with E-state index in [0.29, 0.717) is 19.7 Å². The highest BCUT2D eigenvalue weighted by atomic mass is 32.2. The SMILES string of the molecule is C=CCN(CC=C)S(=O)(=O)c1ncn(C(=O)N(CCC)CCOC)n1. The summed E-state index contributed by atoms with van der Waals surface area (Å²) >= 11 is 0. The van der Waals surface area contributed by atoms with Crippen LogP contribution >= 0.6 is 0 Å². The van der Waals surface area contributed by atoms with Gasteiger partial charge in [-0.2, -0.15) is 8.99 Å². The van der Waals surface area contributed by atoms with Crippen LogP contribution in [0.4, 0.5) is 4.79 Å². The summed E-state index contributed by atoms with van der Waals surface area (Å²) in [4.78, 5) is 17.8. The molecule has 0 saturated carbocycles. The van der Waals surface area contributed by atoms with E-state index in [1.165, 1.54) is 17.1 Å². The van der Waals surface area contributed by atoms with Crippen LogP contribution in [0.1, 0.15) is 13.3 Å². The monoisotopic (exact) mass is 371 g/mol. The van der Waals surface area contributed by atoms with Gasteiger partial charge in [-0.1, -0.05) is 19.1 Å². The first-order chi connectivity index (χ1) is 11.9. The van der Waals surface area contributed by atoms with Crippen molar-refractivity contribution >= 4 is 16.1 Å². The predicted molar refractivity (Wildman–Crippen MR) is 93.7 cm³/mol. The summed E-state index contributed by atoms with van der Waals surface area (Å²) in [6, 6.07) is -0.452. The van der Waals surface area contributed by atoms with Gasteiger partial charge in [0.05, 0.1) is 6.61 Å². The second-order valence-corrected chi connectivity index (χ2v) is 6.97. The Kier molecular flexibility index (Phi) is 8.46. The van der Waals surface area contributed by atoms with Gasteiger partial charge in [0.25, 0.3) is 15.2 Å². The third-order valence-electron chi connectivity index (χ3n) is 3.23. The van der Waals surface area contributed by atoms with E-state index in [1.54, 1.807) is 7.11 Å². The van der Waals surface area contributed by atoms with Crippen LogP contribution < -0.4 is 0 Å². The Bertz CT molecular complexity index is 676. The maximum atomic E-state index is 12.6. The zero-order valence-corrected chi connectivity index (χ0v) is 15.5. The number of nitrogens with zero attached hydrogens (tertiary/aromatic N) is 5. The zero-order chi connectivity index (χ0) is 18.9.